The number of nitrogens with zero attached hydrogens (tertiary/aromatic N) is 4. The van der Waals surface area contributed by atoms with Crippen molar-refractivity contribution in [3.05, 3.63) is 128 Å². The monoisotopic (exact) mass is 866 g/mol. The molecule has 328 valence electrons. The lowest BCUT2D eigenvalue weighted by Gasteiger charge is -2.23. The van der Waals surface area contributed by atoms with Crippen LogP contribution in [0.1, 0.15) is 76.5 Å². The van der Waals surface area contributed by atoms with Crippen molar-refractivity contribution in [2.45, 2.75) is 77.7 Å². The smallest absolute Gasteiger partial charge is 0.408 e. The molecule has 6 aromatic rings. The van der Waals surface area contributed by atoms with E-state index in [4.69, 9.17) is 27.8 Å². The Morgan fingerprint density at radius 1 is 0.581 bits per heavy atom. The highest BCUT2D eigenvalue weighted by atomic mass is 19.1. The summed E-state index contributed by atoms with van der Waals surface area (Å²) in [6.07, 6.45) is -1.89. The Morgan fingerprint density at radius 3 is 1.23 bits per heavy atom. The minimum Gasteiger partial charge on any atom is -0.481 e. The van der Waals surface area contributed by atoms with Crippen LogP contribution >= 0.6 is 0 Å². The summed E-state index contributed by atoms with van der Waals surface area (Å²) in [5.74, 6) is -3.10. The standard InChI is InChI=1S/2C21H21F2N3O5/c2*1-21(2,3)31-20(28)24-15(9-11-7-12(22)10-13(23)8-11)18-26-17-14(19(27)30-18)5-6-16(25-17)29-4/h2*5-8,10,15H,9H2,1-4H3,(H,24,28)/t2*15-/m10/s1. The van der Waals surface area contributed by atoms with Crippen LogP contribution in [-0.4, -0.2) is 57.5 Å². The summed E-state index contributed by atoms with van der Waals surface area (Å²) in [7, 11) is 2.82. The third-order valence-electron chi connectivity index (χ3n) is 8.09. The first-order valence-corrected chi connectivity index (χ1v) is 18.7. The number of ether oxygens (including phenoxy) is 4. The van der Waals surface area contributed by atoms with E-state index < -0.39 is 70.0 Å². The molecule has 0 saturated carbocycles. The van der Waals surface area contributed by atoms with Gasteiger partial charge in [0.05, 0.1) is 14.2 Å². The molecule has 0 spiro atoms. The van der Waals surface area contributed by atoms with Crippen LogP contribution in [0, 0.1) is 23.3 Å². The van der Waals surface area contributed by atoms with Crippen molar-refractivity contribution in [3.63, 3.8) is 0 Å². The molecule has 0 unspecified atom stereocenters. The van der Waals surface area contributed by atoms with Crippen LogP contribution < -0.4 is 31.4 Å². The van der Waals surface area contributed by atoms with Crippen molar-refractivity contribution in [3.8, 4) is 11.8 Å². The number of benzene rings is 2. The zero-order chi connectivity index (χ0) is 45.5. The highest BCUT2D eigenvalue weighted by Crippen LogP contribution is 2.24. The number of hydrogen-bond acceptors (Lipinski definition) is 14. The quantitative estimate of drug-likeness (QED) is 0.129. The number of halogens is 4. The molecule has 0 saturated heterocycles. The van der Waals surface area contributed by atoms with E-state index in [0.29, 0.717) is 0 Å². The van der Waals surface area contributed by atoms with Gasteiger partial charge in [0.1, 0.15) is 57.3 Å². The van der Waals surface area contributed by atoms with E-state index >= 15 is 0 Å². The molecule has 2 aromatic carbocycles. The number of fused-ring (bicyclic) bond motifs is 2. The summed E-state index contributed by atoms with van der Waals surface area (Å²) >= 11 is 0. The Balaban J connectivity index is 0.000000234. The molecule has 2 N–H and O–H groups in total. The molecule has 6 rings (SSSR count). The molecule has 16 nitrogen and oxygen atoms in total. The van der Waals surface area contributed by atoms with Crippen molar-refractivity contribution < 1.29 is 54.9 Å². The van der Waals surface area contributed by atoms with E-state index in [-0.39, 0.29) is 69.6 Å². The summed E-state index contributed by atoms with van der Waals surface area (Å²) in [6, 6.07) is 9.58. The van der Waals surface area contributed by atoms with Gasteiger partial charge in [0.25, 0.3) is 0 Å². The third-order valence-corrected chi connectivity index (χ3v) is 8.09. The van der Waals surface area contributed by atoms with Gasteiger partial charge in [0, 0.05) is 37.1 Å². The fourth-order valence-corrected chi connectivity index (χ4v) is 5.66. The van der Waals surface area contributed by atoms with E-state index in [1.807, 2.05) is 0 Å². The minimum absolute atomic E-state index is 0.0343. The first kappa shape index (κ1) is 46.0. The second-order valence-electron chi connectivity index (χ2n) is 15.5. The molecule has 4 aromatic heterocycles. The maximum atomic E-state index is 13.7. The Kier molecular flexibility index (Phi) is 14.1. The number of hydrogen-bond donors (Lipinski definition) is 2. The minimum atomic E-state index is -1.07. The third kappa shape index (κ3) is 12.9. The SMILES string of the molecule is COc1ccc2c(=O)oc([C@@H](Cc3cc(F)cc(F)c3)NC(=O)OC(C)(C)C)nc2n1.COc1ccc2c(=O)oc([C@H](Cc3cc(F)cc(F)c3)NC(=O)OC(C)(C)C)nc2n1. The van der Waals surface area contributed by atoms with Gasteiger partial charge in [-0.1, -0.05) is 0 Å². The molecule has 0 aliphatic carbocycles. The number of nitrogens with one attached hydrogen (secondary N) is 2. The predicted octanol–water partition coefficient (Wildman–Crippen LogP) is 7.36. The molecule has 0 bridgehead atoms. The molecule has 2 atom stereocenters. The highest BCUT2D eigenvalue weighted by Gasteiger charge is 2.27. The highest BCUT2D eigenvalue weighted by molar-refractivity contribution is 5.74. The Hall–Kier alpha value is -7.12. The van der Waals surface area contributed by atoms with Gasteiger partial charge in [-0.25, -0.2) is 36.7 Å². The first-order chi connectivity index (χ1) is 29.1. The van der Waals surface area contributed by atoms with Crippen LogP contribution in [0.4, 0.5) is 27.2 Å². The lowest BCUT2D eigenvalue weighted by atomic mass is 10.1. The molecule has 20 heteroatoms. The van der Waals surface area contributed by atoms with E-state index in [1.165, 1.54) is 38.5 Å². The summed E-state index contributed by atoms with van der Waals surface area (Å²) < 4.78 is 85.8. The average molecular weight is 867 g/mol. The summed E-state index contributed by atoms with van der Waals surface area (Å²) in [4.78, 5) is 66.2. The number of methoxy groups -OCH3 is 2. The second kappa shape index (κ2) is 19.1. The van der Waals surface area contributed by atoms with Gasteiger partial charge in [0.15, 0.2) is 11.3 Å². The van der Waals surface area contributed by atoms with Crippen LogP contribution in [-0.2, 0) is 22.3 Å². The zero-order valence-electron chi connectivity index (χ0n) is 34.7. The van der Waals surface area contributed by atoms with Crippen LogP contribution in [0.15, 0.2) is 79.1 Å². The molecule has 4 heterocycles. The van der Waals surface area contributed by atoms with Crippen LogP contribution in [0.25, 0.3) is 22.1 Å². The van der Waals surface area contributed by atoms with Gasteiger partial charge in [-0.2, -0.15) is 19.9 Å². The molecule has 0 aliphatic heterocycles. The first-order valence-electron chi connectivity index (χ1n) is 18.7. The largest absolute Gasteiger partial charge is 0.481 e. The summed E-state index contributed by atoms with van der Waals surface area (Å²) in [5, 5.41) is 5.29. The molecule has 62 heavy (non-hydrogen) atoms. The van der Waals surface area contributed by atoms with Gasteiger partial charge >= 0.3 is 23.4 Å². The van der Waals surface area contributed by atoms with Gasteiger partial charge in [-0.3, -0.25) is 0 Å². The van der Waals surface area contributed by atoms with Crippen molar-refractivity contribution in [1.82, 2.24) is 30.6 Å². The van der Waals surface area contributed by atoms with Gasteiger partial charge < -0.3 is 38.4 Å². The van der Waals surface area contributed by atoms with Crippen LogP contribution in [0.3, 0.4) is 0 Å². The van der Waals surface area contributed by atoms with Gasteiger partial charge in [0.2, 0.25) is 23.5 Å². The normalized spacial score (nSPS) is 12.5. The Bertz CT molecular complexity index is 2490. The van der Waals surface area contributed by atoms with Crippen molar-refractivity contribution in [2.24, 2.45) is 0 Å². The van der Waals surface area contributed by atoms with Crippen LogP contribution in [0.5, 0.6) is 11.8 Å². The van der Waals surface area contributed by atoms with E-state index in [1.54, 1.807) is 41.5 Å². The fraction of sp³-hybridized carbons (Fsp3) is 0.333. The van der Waals surface area contributed by atoms with Gasteiger partial charge in [-0.15, -0.1) is 0 Å². The number of carbonyl (C=O) groups excluding carboxylic acids is 2. The number of pyridine rings is 2. The molecule has 0 radical (unpaired) electrons. The summed E-state index contributed by atoms with van der Waals surface area (Å²) in [6.45, 7) is 10.0. The van der Waals surface area contributed by atoms with Gasteiger partial charge in [-0.05, 0) is 89.1 Å². The molecule has 0 fully saturated rings. The van der Waals surface area contributed by atoms with Crippen molar-refractivity contribution in [1.29, 1.82) is 0 Å². The predicted molar refractivity (Wildman–Crippen MR) is 214 cm³/mol. The van der Waals surface area contributed by atoms with E-state index in [9.17, 15) is 36.7 Å². The van der Waals surface area contributed by atoms with Crippen LogP contribution in [0.2, 0.25) is 0 Å². The maximum absolute atomic E-state index is 13.7. The lowest BCUT2D eigenvalue weighted by molar-refractivity contribution is 0.0483. The number of carbonyl (C=O) groups is 2. The molecule has 2 amide bonds. The topological polar surface area (TPSA) is 207 Å². The number of rotatable bonds is 10. The Labute approximate surface area is 350 Å². The van der Waals surface area contributed by atoms with E-state index in [0.717, 1.165) is 36.4 Å². The zero-order valence-corrected chi connectivity index (χ0v) is 34.7. The molecular formula is C42H42F4N6O10. The van der Waals surface area contributed by atoms with Crippen molar-refractivity contribution >= 4 is 34.3 Å². The fourth-order valence-electron chi connectivity index (χ4n) is 5.66. The average Bonchev–Trinajstić information content (AvgIpc) is 3.15. The van der Waals surface area contributed by atoms with Crippen molar-refractivity contribution in [2.75, 3.05) is 14.2 Å². The Morgan fingerprint density at radius 2 is 0.919 bits per heavy atom. The molecular weight excluding hydrogens is 824 g/mol. The van der Waals surface area contributed by atoms with E-state index in [2.05, 4.69) is 30.6 Å². The summed E-state index contributed by atoms with van der Waals surface area (Å²) in [5.41, 5.74) is -2.59. The number of aromatic nitrogens is 4. The molecule has 0 aliphatic rings. The lowest BCUT2D eigenvalue weighted by Crippen LogP contribution is -2.36. The number of alkyl carbamates (subject to hydrolysis) is 2. The maximum Gasteiger partial charge on any atom is 0.408 e. The second-order valence-corrected chi connectivity index (χ2v) is 15.5. The number of amides is 2.